The monoisotopic (exact) mass is 246 g/mol. The third-order valence-corrected chi connectivity index (χ3v) is 4.59. The second-order valence-electron chi connectivity index (χ2n) is 3.55. The lowest BCUT2D eigenvalue weighted by atomic mass is 9.86. The molecular weight excluding hydrogens is 232 g/mol. The number of thiophene rings is 1. The van der Waals surface area contributed by atoms with Gasteiger partial charge in [-0.3, -0.25) is 0 Å². The van der Waals surface area contributed by atoms with Gasteiger partial charge in [-0.2, -0.15) is 0 Å². The molecule has 0 nitrogen and oxygen atoms in total. The summed E-state index contributed by atoms with van der Waals surface area (Å²) in [4.78, 5) is 1.50. The highest BCUT2D eigenvalue weighted by Gasteiger charge is 2.21. The number of alkyl halides is 1. The molecule has 0 N–H and O–H groups in total. The summed E-state index contributed by atoms with van der Waals surface area (Å²) in [6.45, 7) is 4.59. The van der Waals surface area contributed by atoms with E-state index in [4.69, 9.17) is 0 Å². The molecule has 0 radical (unpaired) electrons. The fourth-order valence-electron chi connectivity index (χ4n) is 1.10. The summed E-state index contributed by atoms with van der Waals surface area (Å²) in [5.41, 5.74) is 0.435. The van der Waals surface area contributed by atoms with Gasteiger partial charge in [0.15, 0.2) is 0 Å². The molecule has 0 aliphatic carbocycles. The van der Waals surface area contributed by atoms with Gasteiger partial charge in [0.2, 0.25) is 0 Å². The third-order valence-electron chi connectivity index (χ3n) is 2.36. The Morgan fingerprint density at radius 2 is 2.33 bits per heavy atom. The van der Waals surface area contributed by atoms with E-state index < -0.39 is 0 Å². The van der Waals surface area contributed by atoms with Crippen molar-refractivity contribution in [3.8, 4) is 0 Å². The van der Waals surface area contributed by atoms with E-state index in [9.17, 15) is 0 Å². The summed E-state index contributed by atoms with van der Waals surface area (Å²) in [5, 5.41) is 3.24. The predicted molar refractivity (Wildman–Crippen MR) is 60.2 cm³/mol. The Labute approximate surface area is 87.1 Å². The maximum atomic E-state index is 3.58. The Morgan fingerprint density at radius 1 is 1.58 bits per heavy atom. The van der Waals surface area contributed by atoms with Crippen molar-refractivity contribution in [1.82, 2.24) is 0 Å². The smallest absolute Gasteiger partial charge is 0.00886 e. The summed E-state index contributed by atoms with van der Waals surface area (Å²) < 4.78 is 0. The lowest BCUT2D eigenvalue weighted by Crippen LogP contribution is -2.19. The van der Waals surface area contributed by atoms with Crippen molar-refractivity contribution < 1.29 is 0 Å². The Kier molecular flexibility index (Phi) is 3.78. The van der Waals surface area contributed by atoms with E-state index in [2.05, 4.69) is 47.3 Å². The molecule has 1 rings (SSSR count). The molecule has 1 aromatic heterocycles. The van der Waals surface area contributed by atoms with E-state index in [1.807, 2.05) is 11.3 Å². The van der Waals surface area contributed by atoms with E-state index in [0.717, 1.165) is 5.33 Å². The molecule has 0 saturated heterocycles. The zero-order valence-corrected chi connectivity index (χ0v) is 10.0. The zero-order valence-electron chi connectivity index (χ0n) is 7.64. The van der Waals surface area contributed by atoms with Crippen LogP contribution in [0.25, 0.3) is 0 Å². The number of rotatable bonds is 4. The van der Waals surface area contributed by atoms with Crippen LogP contribution in [0.2, 0.25) is 0 Å². The van der Waals surface area contributed by atoms with Gasteiger partial charge in [-0.25, -0.2) is 0 Å². The molecule has 0 aliphatic rings. The number of halogens is 1. The highest BCUT2D eigenvalue weighted by atomic mass is 79.9. The van der Waals surface area contributed by atoms with Crippen LogP contribution in [0.15, 0.2) is 17.5 Å². The largest absolute Gasteiger partial charge is 0.149 e. The van der Waals surface area contributed by atoms with Crippen molar-refractivity contribution in [2.24, 2.45) is 5.41 Å². The van der Waals surface area contributed by atoms with Crippen LogP contribution in [0.5, 0.6) is 0 Å². The normalized spacial score (nSPS) is 15.9. The van der Waals surface area contributed by atoms with Gasteiger partial charge in [-0.05, 0) is 29.7 Å². The molecule has 68 valence electrons. The topological polar surface area (TPSA) is 0 Å². The quantitative estimate of drug-likeness (QED) is 0.702. The molecule has 1 unspecified atom stereocenters. The van der Waals surface area contributed by atoms with Crippen molar-refractivity contribution in [3.05, 3.63) is 22.4 Å². The summed E-state index contributed by atoms with van der Waals surface area (Å²) in [6.07, 6.45) is 2.43. The van der Waals surface area contributed by atoms with Gasteiger partial charge in [0.1, 0.15) is 0 Å². The van der Waals surface area contributed by atoms with Gasteiger partial charge < -0.3 is 0 Å². The second-order valence-corrected chi connectivity index (χ2v) is 5.15. The van der Waals surface area contributed by atoms with E-state index in [1.54, 1.807) is 0 Å². The molecule has 1 atom stereocenters. The lowest BCUT2D eigenvalue weighted by Gasteiger charge is -2.24. The van der Waals surface area contributed by atoms with Crippen LogP contribution in [0, 0.1) is 5.41 Å². The molecule has 0 fully saturated rings. The summed E-state index contributed by atoms with van der Waals surface area (Å²) in [5.74, 6) is 0. The molecule has 0 spiro atoms. The predicted octanol–water partition coefficient (Wildman–Crippen LogP) is 4.10. The minimum Gasteiger partial charge on any atom is -0.149 e. The van der Waals surface area contributed by atoms with Gasteiger partial charge in [0.25, 0.3) is 0 Å². The van der Waals surface area contributed by atoms with Crippen LogP contribution in [0.1, 0.15) is 25.1 Å². The molecule has 1 aromatic rings. The third kappa shape index (κ3) is 2.60. The average molecular weight is 247 g/mol. The molecule has 12 heavy (non-hydrogen) atoms. The van der Waals surface area contributed by atoms with Crippen molar-refractivity contribution >= 4 is 27.3 Å². The Balaban J connectivity index is 2.60. The summed E-state index contributed by atoms with van der Waals surface area (Å²) in [6, 6.07) is 4.35. The van der Waals surface area contributed by atoms with Crippen molar-refractivity contribution in [2.75, 3.05) is 5.33 Å². The Hall–Kier alpha value is 0.180. The van der Waals surface area contributed by atoms with Crippen LogP contribution in [0.4, 0.5) is 0 Å². The molecule has 0 amide bonds. The van der Waals surface area contributed by atoms with Crippen molar-refractivity contribution in [2.45, 2.75) is 26.7 Å². The van der Waals surface area contributed by atoms with Gasteiger partial charge in [0, 0.05) is 10.2 Å². The minimum absolute atomic E-state index is 0.435. The van der Waals surface area contributed by atoms with Gasteiger partial charge >= 0.3 is 0 Å². The zero-order chi connectivity index (χ0) is 9.03. The number of hydrogen-bond acceptors (Lipinski definition) is 1. The van der Waals surface area contributed by atoms with E-state index in [1.165, 1.54) is 17.7 Å². The SMILES string of the molecule is CCC(C)(CBr)Cc1cccs1. The average Bonchev–Trinajstić information content (AvgIpc) is 2.57. The first-order valence-electron chi connectivity index (χ1n) is 4.28. The van der Waals surface area contributed by atoms with E-state index >= 15 is 0 Å². The van der Waals surface area contributed by atoms with Gasteiger partial charge in [-0.1, -0.05) is 35.8 Å². The lowest BCUT2D eigenvalue weighted by molar-refractivity contribution is 0.364. The molecule has 0 aliphatic heterocycles. The molecule has 1 heterocycles. The first-order valence-corrected chi connectivity index (χ1v) is 6.28. The Morgan fingerprint density at radius 3 is 2.75 bits per heavy atom. The minimum atomic E-state index is 0.435. The van der Waals surface area contributed by atoms with Crippen LogP contribution >= 0.6 is 27.3 Å². The molecular formula is C10H15BrS. The van der Waals surface area contributed by atoms with Gasteiger partial charge in [0.05, 0.1) is 0 Å². The summed E-state index contributed by atoms with van der Waals surface area (Å²) >= 11 is 5.44. The Bertz CT molecular complexity index is 212. The molecule has 0 bridgehead atoms. The maximum Gasteiger partial charge on any atom is 0.00886 e. The fraction of sp³-hybridized carbons (Fsp3) is 0.600. The van der Waals surface area contributed by atoms with Crippen LogP contribution in [-0.4, -0.2) is 5.33 Å². The fourth-order valence-corrected chi connectivity index (χ4v) is 2.62. The van der Waals surface area contributed by atoms with Crippen LogP contribution in [-0.2, 0) is 6.42 Å². The van der Waals surface area contributed by atoms with E-state index in [0.29, 0.717) is 5.41 Å². The molecule has 0 saturated carbocycles. The van der Waals surface area contributed by atoms with Crippen molar-refractivity contribution in [1.29, 1.82) is 0 Å². The standard InChI is InChI=1S/C10H15BrS/c1-3-10(2,8-11)7-9-5-4-6-12-9/h4-6H,3,7-8H2,1-2H3. The second kappa shape index (κ2) is 4.43. The van der Waals surface area contributed by atoms with Crippen LogP contribution in [0.3, 0.4) is 0 Å². The molecule has 2 heteroatoms. The first-order chi connectivity index (χ1) is 5.70. The summed E-state index contributed by atoms with van der Waals surface area (Å²) in [7, 11) is 0. The van der Waals surface area contributed by atoms with E-state index in [-0.39, 0.29) is 0 Å². The highest BCUT2D eigenvalue weighted by Crippen LogP contribution is 2.30. The van der Waals surface area contributed by atoms with Crippen LogP contribution < -0.4 is 0 Å². The first kappa shape index (κ1) is 10.3. The number of hydrogen-bond donors (Lipinski definition) is 0. The van der Waals surface area contributed by atoms with Gasteiger partial charge in [-0.15, -0.1) is 11.3 Å². The highest BCUT2D eigenvalue weighted by molar-refractivity contribution is 9.09. The van der Waals surface area contributed by atoms with Crippen molar-refractivity contribution in [3.63, 3.8) is 0 Å². The maximum absolute atomic E-state index is 3.58. The molecule has 0 aromatic carbocycles.